The molecule has 1 aromatic heterocycles. The van der Waals surface area contributed by atoms with Crippen LogP contribution in [-0.2, 0) is 6.54 Å². The predicted octanol–water partition coefficient (Wildman–Crippen LogP) is 1.85. The zero-order chi connectivity index (χ0) is 12.3. The molecule has 1 aromatic rings. The van der Waals surface area contributed by atoms with Crippen LogP contribution in [0.1, 0.15) is 25.8 Å². The molecule has 4 heteroatoms. The van der Waals surface area contributed by atoms with Crippen LogP contribution >= 0.6 is 0 Å². The highest BCUT2D eigenvalue weighted by Gasteiger charge is 2.23. The van der Waals surface area contributed by atoms with Crippen LogP contribution in [-0.4, -0.2) is 23.0 Å². The zero-order valence-corrected chi connectivity index (χ0v) is 10.7. The zero-order valence-electron chi connectivity index (χ0n) is 10.7. The van der Waals surface area contributed by atoms with E-state index in [0.717, 1.165) is 24.2 Å². The van der Waals surface area contributed by atoms with E-state index in [0.29, 0.717) is 0 Å². The number of nitrogens with one attached hydrogen (secondary N) is 1. The summed E-state index contributed by atoms with van der Waals surface area (Å²) in [7, 11) is 0. The first-order valence-corrected chi connectivity index (χ1v) is 6.33. The number of nitrogen functional groups attached to an aromatic ring is 1. The third-order valence-corrected chi connectivity index (χ3v) is 3.84. The molecule has 1 aliphatic rings. The number of rotatable bonds is 3. The molecule has 0 spiro atoms. The second kappa shape index (κ2) is 5.47. The minimum absolute atomic E-state index is 0.773. The van der Waals surface area contributed by atoms with Crippen LogP contribution in [0, 0.1) is 11.8 Å². The molecule has 0 amide bonds. The summed E-state index contributed by atoms with van der Waals surface area (Å²) >= 11 is 0. The van der Waals surface area contributed by atoms with Crippen molar-refractivity contribution >= 4 is 5.82 Å². The molecule has 17 heavy (non-hydrogen) atoms. The fourth-order valence-corrected chi connectivity index (χ4v) is 2.43. The Labute approximate surface area is 103 Å². The van der Waals surface area contributed by atoms with Gasteiger partial charge >= 0.3 is 0 Å². The Morgan fingerprint density at radius 2 is 2.29 bits per heavy atom. The van der Waals surface area contributed by atoms with Gasteiger partial charge in [-0.25, -0.2) is 10.8 Å². The van der Waals surface area contributed by atoms with Crippen molar-refractivity contribution in [1.29, 1.82) is 0 Å². The molecule has 0 radical (unpaired) electrons. The number of hydrogen-bond donors (Lipinski definition) is 2. The molecular formula is C13H22N4. The average molecular weight is 234 g/mol. The Hall–Kier alpha value is -1.13. The van der Waals surface area contributed by atoms with Crippen LogP contribution in [0.5, 0.6) is 0 Å². The summed E-state index contributed by atoms with van der Waals surface area (Å²) in [6.07, 6.45) is 3.05. The smallest absolute Gasteiger partial charge is 0.144 e. The number of aromatic nitrogens is 1. The van der Waals surface area contributed by atoms with Crippen LogP contribution in [0.2, 0.25) is 0 Å². The second-order valence-electron chi connectivity index (χ2n) is 5.13. The molecule has 0 aromatic carbocycles. The lowest BCUT2D eigenvalue weighted by molar-refractivity contribution is 0.132. The molecule has 94 valence electrons. The van der Waals surface area contributed by atoms with Crippen LogP contribution in [0.25, 0.3) is 0 Å². The monoisotopic (exact) mass is 234 g/mol. The number of nitrogens with zero attached hydrogens (tertiary/aromatic N) is 2. The van der Waals surface area contributed by atoms with Crippen molar-refractivity contribution in [1.82, 2.24) is 9.88 Å². The minimum atomic E-state index is 0.773. The fourth-order valence-electron chi connectivity index (χ4n) is 2.43. The van der Waals surface area contributed by atoms with Gasteiger partial charge in [-0.15, -0.1) is 0 Å². The third-order valence-electron chi connectivity index (χ3n) is 3.84. The molecule has 2 heterocycles. The Balaban J connectivity index is 2.01. The number of nitrogens with two attached hydrogens (primary N) is 1. The summed E-state index contributed by atoms with van der Waals surface area (Å²) < 4.78 is 0. The summed E-state index contributed by atoms with van der Waals surface area (Å²) in [6.45, 7) is 7.95. The van der Waals surface area contributed by atoms with Gasteiger partial charge in [0.2, 0.25) is 0 Å². The average Bonchev–Trinajstić information content (AvgIpc) is 2.34. The topological polar surface area (TPSA) is 54.2 Å². The Bertz CT molecular complexity index is 366. The molecule has 3 N–H and O–H groups in total. The molecule has 1 saturated heterocycles. The van der Waals surface area contributed by atoms with Crippen molar-refractivity contribution in [3.8, 4) is 0 Å². The Morgan fingerprint density at radius 1 is 1.47 bits per heavy atom. The maximum Gasteiger partial charge on any atom is 0.144 e. The number of hydrogen-bond acceptors (Lipinski definition) is 4. The number of likely N-dealkylation sites (tertiary alicyclic amines) is 1. The van der Waals surface area contributed by atoms with Gasteiger partial charge < -0.3 is 5.43 Å². The quantitative estimate of drug-likeness (QED) is 0.619. The summed E-state index contributed by atoms with van der Waals surface area (Å²) in [5.41, 5.74) is 3.84. The van der Waals surface area contributed by atoms with E-state index in [9.17, 15) is 0 Å². The molecular weight excluding hydrogens is 212 g/mol. The Kier molecular flexibility index (Phi) is 3.97. The highest BCUT2D eigenvalue weighted by Crippen LogP contribution is 2.24. The summed E-state index contributed by atoms with van der Waals surface area (Å²) in [6, 6.07) is 4.05. The van der Waals surface area contributed by atoms with Crippen molar-refractivity contribution in [3.63, 3.8) is 0 Å². The van der Waals surface area contributed by atoms with Gasteiger partial charge in [0.25, 0.3) is 0 Å². The van der Waals surface area contributed by atoms with Crippen molar-refractivity contribution in [2.24, 2.45) is 17.7 Å². The van der Waals surface area contributed by atoms with Crippen molar-refractivity contribution in [3.05, 3.63) is 23.9 Å². The third kappa shape index (κ3) is 2.96. The molecule has 0 saturated carbocycles. The minimum Gasteiger partial charge on any atom is -0.308 e. The number of anilines is 1. The normalized spacial score (nSPS) is 25.8. The van der Waals surface area contributed by atoms with Crippen LogP contribution in [0.15, 0.2) is 18.3 Å². The summed E-state index contributed by atoms with van der Waals surface area (Å²) in [4.78, 5) is 6.72. The lowest BCUT2D eigenvalue weighted by Gasteiger charge is -2.35. The fraction of sp³-hybridized carbons (Fsp3) is 0.615. The standard InChI is InChI=1S/C13H22N4/c1-10-5-7-17(8-11(10)2)9-12-4-3-6-15-13(12)16-14/h3-4,6,10-11H,5,7-9,14H2,1-2H3,(H,15,16). The van der Waals surface area contributed by atoms with E-state index in [4.69, 9.17) is 5.84 Å². The van der Waals surface area contributed by atoms with Crippen LogP contribution in [0.4, 0.5) is 5.82 Å². The van der Waals surface area contributed by atoms with E-state index in [1.54, 1.807) is 6.20 Å². The molecule has 1 fully saturated rings. The maximum atomic E-state index is 5.47. The molecule has 0 bridgehead atoms. The lowest BCUT2D eigenvalue weighted by atomic mass is 9.88. The number of piperidine rings is 1. The first-order chi connectivity index (χ1) is 8.20. The first-order valence-electron chi connectivity index (χ1n) is 6.33. The molecule has 2 unspecified atom stereocenters. The van der Waals surface area contributed by atoms with Gasteiger partial charge in [0.15, 0.2) is 0 Å². The highest BCUT2D eigenvalue weighted by atomic mass is 15.3. The molecule has 1 aliphatic heterocycles. The van der Waals surface area contributed by atoms with Crippen molar-refractivity contribution in [2.45, 2.75) is 26.8 Å². The van der Waals surface area contributed by atoms with E-state index in [1.807, 2.05) is 6.07 Å². The van der Waals surface area contributed by atoms with Gasteiger partial charge in [-0.3, -0.25) is 4.90 Å². The van der Waals surface area contributed by atoms with E-state index >= 15 is 0 Å². The van der Waals surface area contributed by atoms with Gasteiger partial charge in [-0.05, 0) is 30.9 Å². The van der Waals surface area contributed by atoms with E-state index in [-0.39, 0.29) is 0 Å². The van der Waals surface area contributed by atoms with Gasteiger partial charge in [0.1, 0.15) is 5.82 Å². The SMILES string of the molecule is CC1CCN(Cc2cccnc2NN)CC1C. The maximum absolute atomic E-state index is 5.47. The van der Waals surface area contributed by atoms with Gasteiger partial charge in [0.05, 0.1) is 0 Å². The van der Waals surface area contributed by atoms with Crippen molar-refractivity contribution < 1.29 is 0 Å². The molecule has 2 rings (SSSR count). The van der Waals surface area contributed by atoms with E-state index in [1.165, 1.54) is 25.1 Å². The van der Waals surface area contributed by atoms with Gasteiger partial charge in [0, 0.05) is 24.8 Å². The van der Waals surface area contributed by atoms with Crippen molar-refractivity contribution in [2.75, 3.05) is 18.5 Å². The molecule has 4 nitrogen and oxygen atoms in total. The Morgan fingerprint density at radius 3 is 3.00 bits per heavy atom. The van der Waals surface area contributed by atoms with Crippen LogP contribution in [0.3, 0.4) is 0 Å². The molecule has 0 aliphatic carbocycles. The largest absolute Gasteiger partial charge is 0.308 e. The van der Waals surface area contributed by atoms with Gasteiger partial charge in [-0.2, -0.15) is 0 Å². The number of hydrazine groups is 1. The molecule has 2 atom stereocenters. The van der Waals surface area contributed by atoms with E-state index in [2.05, 4.69) is 35.2 Å². The van der Waals surface area contributed by atoms with Crippen LogP contribution < -0.4 is 11.3 Å². The number of pyridine rings is 1. The van der Waals surface area contributed by atoms with Gasteiger partial charge in [-0.1, -0.05) is 19.9 Å². The summed E-state index contributed by atoms with van der Waals surface area (Å²) in [5, 5.41) is 0. The second-order valence-corrected chi connectivity index (χ2v) is 5.13. The summed E-state index contributed by atoms with van der Waals surface area (Å²) in [5.74, 6) is 7.88. The highest BCUT2D eigenvalue weighted by molar-refractivity contribution is 5.42. The first kappa shape index (κ1) is 12.3. The van der Waals surface area contributed by atoms with E-state index < -0.39 is 0 Å². The lowest BCUT2D eigenvalue weighted by Crippen LogP contribution is -2.38. The predicted molar refractivity (Wildman–Crippen MR) is 70.3 cm³/mol.